The Kier molecular flexibility index (Phi) is 5.15. The number of nitrogens with one attached hydrogen (secondary N) is 1. The third kappa shape index (κ3) is 3.19. The van der Waals surface area contributed by atoms with Crippen LogP contribution >= 0.6 is 11.6 Å². The SMILES string of the molecule is CCCNC(c1cccnc1)c1c(Cl)cnn1C(C)C. The van der Waals surface area contributed by atoms with Crippen LogP contribution in [0, 0.1) is 0 Å². The Bertz CT molecular complexity index is 536. The summed E-state index contributed by atoms with van der Waals surface area (Å²) in [5.74, 6) is 0. The van der Waals surface area contributed by atoms with Gasteiger partial charge < -0.3 is 5.32 Å². The monoisotopic (exact) mass is 292 g/mol. The van der Waals surface area contributed by atoms with Crippen molar-refractivity contribution in [3.8, 4) is 0 Å². The Morgan fingerprint density at radius 2 is 2.15 bits per heavy atom. The number of nitrogens with zero attached hydrogens (tertiary/aromatic N) is 3. The van der Waals surface area contributed by atoms with Crippen molar-refractivity contribution in [2.45, 2.75) is 39.3 Å². The number of aromatic nitrogens is 3. The van der Waals surface area contributed by atoms with E-state index in [-0.39, 0.29) is 12.1 Å². The van der Waals surface area contributed by atoms with Gasteiger partial charge in [-0.25, -0.2) is 0 Å². The Morgan fingerprint density at radius 1 is 1.35 bits per heavy atom. The summed E-state index contributed by atoms with van der Waals surface area (Å²) < 4.78 is 1.97. The van der Waals surface area contributed by atoms with E-state index in [0.29, 0.717) is 5.02 Å². The van der Waals surface area contributed by atoms with Crippen LogP contribution in [0.15, 0.2) is 30.7 Å². The van der Waals surface area contributed by atoms with Gasteiger partial charge in [0.25, 0.3) is 0 Å². The highest BCUT2D eigenvalue weighted by Gasteiger charge is 2.22. The van der Waals surface area contributed by atoms with Crippen molar-refractivity contribution < 1.29 is 0 Å². The summed E-state index contributed by atoms with van der Waals surface area (Å²) in [5, 5.41) is 8.62. The normalized spacial score (nSPS) is 12.8. The maximum atomic E-state index is 6.37. The molecule has 0 aliphatic rings. The number of halogens is 1. The van der Waals surface area contributed by atoms with Gasteiger partial charge in [-0.1, -0.05) is 24.6 Å². The minimum Gasteiger partial charge on any atom is -0.305 e. The van der Waals surface area contributed by atoms with Crippen molar-refractivity contribution in [1.29, 1.82) is 0 Å². The number of hydrogen-bond acceptors (Lipinski definition) is 3. The van der Waals surface area contributed by atoms with Crippen LogP contribution in [0.1, 0.15) is 50.5 Å². The first-order valence-corrected chi connectivity index (χ1v) is 7.39. The molecule has 0 aliphatic carbocycles. The summed E-state index contributed by atoms with van der Waals surface area (Å²) in [6, 6.07) is 4.29. The molecule has 1 unspecified atom stereocenters. The smallest absolute Gasteiger partial charge is 0.0837 e. The fourth-order valence-electron chi connectivity index (χ4n) is 2.24. The molecular weight excluding hydrogens is 272 g/mol. The van der Waals surface area contributed by atoms with E-state index in [1.807, 2.05) is 16.9 Å². The highest BCUT2D eigenvalue weighted by Crippen LogP contribution is 2.29. The van der Waals surface area contributed by atoms with E-state index in [0.717, 1.165) is 24.2 Å². The topological polar surface area (TPSA) is 42.7 Å². The van der Waals surface area contributed by atoms with E-state index in [4.69, 9.17) is 11.6 Å². The van der Waals surface area contributed by atoms with Gasteiger partial charge in [-0.15, -0.1) is 0 Å². The maximum absolute atomic E-state index is 6.37. The zero-order chi connectivity index (χ0) is 14.5. The molecule has 0 radical (unpaired) electrons. The van der Waals surface area contributed by atoms with E-state index in [1.165, 1.54) is 0 Å². The average Bonchev–Trinajstić information content (AvgIpc) is 2.83. The van der Waals surface area contributed by atoms with Gasteiger partial charge in [-0.3, -0.25) is 9.67 Å². The second-order valence-corrected chi connectivity index (χ2v) is 5.50. The molecular formula is C15H21ClN4. The Labute approximate surface area is 125 Å². The standard InChI is InChI=1S/C15H21ClN4/c1-4-7-18-14(12-6-5-8-17-9-12)15-13(16)10-19-20(15)11(2)3/h5-6,8-11,14,18H,4,7H2,1-3H3. The Balaban J connectivity index is 2.44. The molecule has 2 rings (SSSR count). The Morgan fingerprint density at radius 3 is 2.75 bits per heavy atom. The van der Waals surface area contributed by atoms with E-state index in [9.17, 15) is 0 Å². The van der Waals surface area contributed by atoms with Crippen LogP contribution in [0.5, 0.6) is 0 Å². The minimum atomic E-state index is 0.0149. The largest absolute Gasteiger partial charge is 0.305 e. The lowest BCUT2D eigenvalue weighted by atomic mass is 10.1. The van der Waals surface area contributed by atoms with Crippen molar-refractivity contribution >= 4 is 11.6 Å². The van der Waals surface area contributed by atoms with E-state index >= 15 is 0 Å². The molecule has 5 heteroatoms. The lowest BCUT2D eigenvalue weighted by Gasteiger charge is -2.22. The molecule has 2 aromatic rings. The van der Waals surface area contributed by atoms with Crippen molar-refractivity contribution in [1.82, 2.24) is 20.1 Å². The molecule has 1 atom stereocenters. The van der Waals surface area contributed by atoms with Gasteiger partial charge in [-0.05, 0) is 38.4 Å². The highest BCUT2D eigenvalue weighted by atomic mass is 35.5. The van der Waals surface area contributed by atoms with Gasteiger partial charge in [-0.2, -0.15) is 5.10 Å². The van der Waals surface area contributed by atoms with E-state index < -0.39 is 0 Å². The molecule has 0 aliphatic heterocycles. The molecule has 0 aromatic carbocycles. The molecule has 1 N–H and O–H groups in total. The van der Waals surface area contributed by atoms with Gasteiger partial charge in [0.1, 0.15) is 0 Å². The third-order valence-corrected chi connectivity index (χ3v) is 3.46. The fraction of sp³-hybridized carbons (Fsp3) is 0.467. The van der Waals surface area contributed by atoms with Crippen LogP contribution in [0.25, 0.3) is 0 Å². The molecule has 0 bridgehead atoms. The summed E-state index contributed by atoms with van der Waals surface area (Å²) >= 11 is 6.37. The van der Waals surface area contributed by atoms with Crippen LogP contribution in [0.2, 0.25) is 5.02 Å². The molecule has 108 valence electrons. The van der Waals surface area contributed by atoms with Gasteiger partial charge >= 0.3 is 0 Å². The number of pyridine rings is 1. The van der Waals surface area contributed by atoms with Crippen molar-refractivity contribution in [3.05, 3.63) is 47.0 Å². The lowest BCUT2D eigenvalue weighted by molar-refractivity contribution is 0.471. The average molecular weight is 293 g/mol. The molecule has 0 saturated carbocycles. The van der Waals surface area contributed by atoms with Gasteiger partial charge in [0.15, 0.2) is 0 Å². The first-order chi connectivity index (χ1) is 9.65. The predicted octanol–water partition coefficient (Wildman–Crippen LogP) is 3.60. The van der Waals surface area contributed by atoms with Crippen molar-refractivity contribution in [2.24, 2.45) is 0 Å². The summed E-state index contributed by atoms with van der Waals surface area (Å²) in [6.45, 7) is 7.27. The van der Waals surface area contributed by atoms with E-state index in [2.05, 4.69) is 42.2 Å². The first-order valence-electron chi connectivity index (χ1n) is 7.01. The molecule has 0 saturated heterocycles. The van der Waals surface area contributed by atoms with Crippen LogP contribution in [-0.4, -0.2) is 21.3 Å². The van der Waals surface area contributed by atoms with Crippen LogP contribution < -0.4 is 5.32 Å². The van der Waals surface area contributed by atoms with E-state index in [1.54, 1.807) is 12.4 Å². The fourth-order valence-corrected chi connectivity index (χ4v) is 2.48. The summed E-state index contributed by atoms with van der Waals surface area (Å²) in [6.07, 6.45) is 6.43. The summed E-state index contributed by atoms with van der Waals surface area (Å²) in [5.41, 5.74) is 2.10. The molecule has 4 nitrogen and oxygen atoms in total. The second-order valence-electron chi connectivity index (χ2n) is 5.09. The Hall–Kier alpha value is -1.39. The number of rotatable bonds is 6. The maximum Gasteiger partial charge on any atom is 0.0837 e. The number of hydrogen-bond donors (Lipinski definition) is 1. The molecule has 2 aromatic heterocycles. The zero-order valence-electron chi connectivity index (χ0n) is 12.2. The summed E-state index contributed by atoms with van der Waals surface area (Å²) in [4.78, 5) is 4.21. The van der Waals surface area contributed by atoms with Gasteiger partial charge in [0.05, 0.1) is 23.0 Å². The van der Waals surface area contributed by atoms with Crippen molar-refractivity contribution in [3.63, 3.8) is 0 Å². The minimum absolute atomic E-state index is 0.0149. The molecule has 0 amide bonds. The first kappa shape index (κ1) is 15.0. The third-order valence-electron chi connectivity index (χ3n) is 3.17. The lowest BCUT2D eigenvalue weighted by Crippen LogP contribution is -2.26. The van der Waals surface area contributed by atoms with Crippen LogP contribution in [-0.2, 0) is 0 Å². The van der Waals surface area contributed by atoms with Gasteiger partial charge in [0, 0.05) is 18.4 Å². The highest BCUT2D eigenvalue weighted by molar-refractivity contribution is 6.31. The second kappa shape index (κ2) is 6.86. The molecule has 20 heavy (non-hydrogen) atoms. The van der Waals surface area contributed by atoms with Crippen molar-refractivity contribution in [2.75, 3.05) is 6.54 Å². The summed E-state index contributed by atoms with van der Waals surface area (Å²) in [7, 11) is 0. The molecule has 0 fully saturated rings. The molecule has 2 heterocycles. The quantitative estimate of drug-likeness (QED) is 0.884. The zero-order valence-corrected chi connectivity index (χ0v) is 12.9. The van der Waals surface area contributed by atoms with Gasteiger partial charge in [0.2, 0.25) is 0 Å². The molecule has 0 spiro atoms. The predicted molar refractivity (Wildman–Crippen MR) is 82.0 cm³/mol. The van der Waals surface area contributed by atoms with Crippen LogP contribution in [0.3, 0.4) is 0 Å². The van der Waals surface area contributed by atoms with Crippen LogP contribution in [0.4, 0.5) is 0 Å².